The summed E-state index contributed by atoms with van der Waals surface area (Å²) >= 11 is 0. The van der Waals surface area contributed by atoms with Gasteiger partial charge in [-0.2, -0.15) is 0 Å². The third kappa shape index (κ3) is 2.52. The zero-order valence-corrected chi connectivity index (χ0v) is 12.2. The lowest BCUT2D eigenvalue weighted by Crippen LogP contribution is -2.41. The molecule has 1 aromatic rings. The van der Waals surface area contributed by atoms with Crippen LogP contribution in [0.15, 0.2) is 30.3 Å². The minimum Gasteiger partial charge on any atom is -0.355 e. The molecule has 1 aromatic carbocycles. The molecule has 3 nitrogen and oxygen atoms in total. The van der Waals surface area contributed by atoms with Crippen molar-refractivity contribution in [2.24, 2.45) is 0 Å². The molecule has 0 saturated carbocycles. The Hall–Kier alpha value is -1.35. The van der Waals surface area contributed by atoms with Crippen LogP contribution >= 0.6 is 0 Å². The molecule has 2 rings (SSSR count). The van der Waals surface area contributed by atoms with Gasteiger partial charge in [-0.05, 0) is 26.3 Å². The van der Waals surface area contributed by atoms with Gasteiger partial charge < -0.3 is 9.64 Å². The van der Waals surface area contributed by atoms with Gasteiger partial charge in [-0.25, -0.2) is 0 Å². The molecule has 1 aliphatic heterocycles. The molecule has 0 aliphatic carbocycles. The Bertz CT molecular complexity index is 441. The van der Waals surface area contributed by atoms with Gasteiger partial charge in [0.25, 0.3) is 5.91 Å². The smallest absolute Gasteiger partial charge is 0.257 e. The van der Waals surface area contributed by atoms with Gasteiger partial charge in [0.2, 0.25) is 0 Å². The van der Waals surface area contributed by atoms with Crippen molar-refractivity contribution in [2.45, 2.75) is 45.3 Å². The largest absolute Gasteiger partial charge is 0.355 e. The van der Waals surface area contributed by atoms with Crippen LogP contribution in [0.4, 0.5) is 0 Å². The van der Waals surface area contributed by atoms with Crippen molar-refractivity contribution in [3.05, 3.63) is 35.9 Å². The van der Waals surface area contributed by atoms with E-state index >= 15 is 0 Å². The van der Waals surface area contributed by atoms with Crippen molar-refractivity contribution in [3.8, 4) is 0 Å². The molecule has 0 N–H and O–H groups in total. The van der Waals surface area contributed by atoms with Crippen molar-refractivity contribution in [2.75, 3.05) is 13.1 Å². The third-order valence-electron chi connectivity index (χ3n) is 4.11. The maximum Gasteiger partial charge on any atom is 0.257 e. The molecule has 0 spiro atoms. The Labute approximate surface area is 115 Å². The first-order valence-electron chi connectivity index (χ1n) is 7.06. The molecular weight excluding hydrogens is 238 g/mol. The molecule has 3 atom stereocenters. The van der Waals surface area contributed by atoms with Crippen LogP contribution in [-0.4, -0.2) is 35.6 Å². The molecule has 1 fully saturated rings. The number of likely N-dealkylation sites (N-methyl/N-ethyl adjacent to an activating group) is 1. The highest BCUT2D eigenvalue weighted by Crippen LogP contribution is 2.46. The van der Waals surface area contributed by atoms with Gasteiger partial charge in [-0.3, -0.25) is 4.79 Å². The first kappa shape index (κ1) is 14.1. The Balaban J connectivity index is 2.08. The third-order valence-corrected chi connectivity index (χ3v) is 4.11. The monoisotopic (exact) mass is 261 g/mol. The Morgan fingerprint density at radius 2 is 1.89 bits per heavy atom. The molecular formula is C16H23NO2. The van der Waals surface area contributed by atoms with Crippen molar-refractivity contribution >= 4 is 5.91 Å². The van der Waals surface area contributed by atoms with Crippen LogP contribution < -0.4 is 0 Å². The highest BCUT2D eigenvalue weighted by molar-refractivity contribution is 5.88. The summed E-state index contributed by atoms with van der Waals surface area (Å²) in [6.07, 6.45) is -0.0111. The van der Waals surface area contributed by atoms with E-state index in [2.05, 4.69) is 19.1 Å². The standard InChI is InChI=1S/C16H23NO2/c1-5-17(6-2)15(18)16(4)14(19-16)12(3)13-10-8-7-9-11-13/h7-12,14H,5-6H2,1-4H3. The van der Waals surface area contributed by atoms with Crippen LogP contribution in [0, 0.1) is 0 Å². The molecule has 0 radical (unpaired) electrons. The number of epoxide rings is 1. The summed E-state index contributed by atoms with van der Waals surface area (Å²) in [6.45, 7) is 9.52. The fourth-order valence-electron chi connectivity index (χ4n) is 2.74. The summed E-state index contributed by atoms with van der Waals surface area (Å²) in [6, 6.07) is 10.2. The second-order valence-electron chi connectivity index (χ2n) is 5.32. The summed E-state index contributed by atoms with van der Waals surface area (Å²) in [4.78, 5) is 14.3. The molecule has 19 heavy (non-hydrogen) atoms. The zero-order chi connectivity index (χ0) is 14.0. The number of carbonyl (C=O) groups is 1. The lowest BCUT2D eigenvalue weighted by Gasteiger charge is -2.22. The normalized spacial score (nSPS) is 26.8. The predicted molar refractivity (Wildman–Crippen MR) is 76.1 cm³/mol. The van der Waals surface area contributed by atoms with E-state index in [9.17, 15) is 4.79 Å². The molecule has 0 bridgehead atoms. The van der Waals surface area contributed by atoms with E-state index in [0.717, 1.165) is 13.1 Å². The average molecular weight is 261 g/mol. The van der Waals surface area contributed by atoms with Gasteiger partial charge in [0.15, 0.2) is 5.60 Å². The van der Waals surface area contributed by atoms with Gasteiger partial charge >= 0.3 is 0 Å². The molecule has 1 heterocycles. The number of carbonyl (C=O) groups excluding carboxylic acids is 1. The van der Waals surface area contributed by atoms with Crippen molar-refractivity contribution < 1.29 is 9.53 Å². The molecule has 0 aromatic heterocycles. The predicted octanol–water partition coefficient (Wildman–Crippen LogP) is 2.82. The molecule has 1 aliphatic rings. The SMILES string of the molecule is CCN(CC)C(=O)C1(C)OC1C(C)c1ccccc1. The van der Waals surface area contributed by atoms with Gasteiger partial charge in [-0.1, -0.05) is 37.3 Å². The van der Waals surface area contributed by atoms with E-state index in [1.54, 1.807) is 0 Å². The second-order valence-corrected chi connectivity index (χ2v) is 5.32. The lowest BCUT2D eigenvalue weighted by molar-refractivity contribution is -0.135. The summed E-state index contributed by atoms with van der Waals surface area (Å²) in [7, 11) is 0. The number of hydrogen-bond acceptors (Lipinski definition) is 2. The number of rotatable bonds is 5. The first-order valence-corrected chi connectivity index (χ1v) is 7.06. The number of ether oxygens (including phenoxy) is 1. The highest BCUT2D eigenvalue weighted by Gasteiger charge is 2.61. The van der Waals surface area contributed by atoms with E-state index in [0.29, 0.717) is 0 Å². The number of benzene rings is 1. The van der Waals surface area contributed by atoms with Gasteiger partial charge in [0, 0.05) is 19.0 Å². The fourth-order valence-corrected chi connectivity index (χ4v) is 2.74. The van der Waals surface area contributed by atoms with E-state index in [-0.39, 0.29) is 17.9 Å². The Morgan fingerprint density at radius 1 is 1.32 bits per heavy atom. The van der Waals surface area contributed by atoms with Crippen molar-refractivity contribution in [3.63, 3.8) is 0 Å². The van der Waals surface area contributed by atoms with E-state index in [1.807, 2.05) is 43.9 Å². The van der Waals surface area contributed by atoms with Gasteiger partial charge in [0.05, 0.1) is 0 Å². The van der Waals surface area contributed by atoms with E-state index in [4.69, 9.17) is 4.74 Å². The van der Waals surface area contributed by atoms with Gasteiger partial charge in [0.1, 0.15) is 6.10 Å². The maximum absolute atomic E-state index is 12.4. The van der Waals surface area contributed by atoms with E-state index < -0.39 is 5.60 Å². The van der Waals surface area contributed by atoms with Crippen LogP contribution in [0.3, 0.4) is 0 Å². The van der Waals surface area contributed by atoms with Crippen LogP contribution in [0.1, 0.15) is 39.2 Å². The Morgan fingerprint density at radius 3 is 2.42 bits per heavy atom. The van der Waals surface area contributed by atoms with Crippen LogP contribution in [0.25, 0.3) is 0 Å². The molecule has 1 saturated heterocycles. The van der Waals surface area contributed by atoms with Crippen molar-refractivity contribution in [1.29, 1.82) is 0 Å². The summed E-state index contributed by atoms with van der Waals surface area (Å²) in [5.74, 6) is 0.357. The summed E-state index contributed by atoms with van der Waals surface area (Å²) in [5, 5.41) is 0. The molecule has 104 valence electrons. The average Bonchev–Trinajstić information content (AvgIpc) is 3.14. The number of nitrogens with zero attached hydrogens (tertiary/aromatic N) is 1. The maximum atomic E-state index is 12.4. The van der Waals surface area contributed by atoms with Crippen LogP contribution in [0.5, 0.6) is 0 Å². The minimum atomic E-state index is -0.638. The van der Waals surface area contributed by atoms with E-state index in [1.165, 1.54) is 5.56 Å². The molecule has 1 amide bonds. The quantitative estimate of drug-likeness (QED) is 0.764. The molecule has 3 heteroatoms. The second kappa shape index (κ2) is 5.33. The number of hydrogen-bond donors (Lipinski definition) is 0. The number of amides is 1. The fraction of sp³-hybridized carbons (Fsp3) is 0.562. The summed E-state index contributed by atoms with van der Waals surface area (Å²) < 4.78 is 5.78. The Kier molecular flexibility index (Phi) is 3.95. The minimum absolute atomic E-state index is 0.0111. The van der Waals surface area contributed by atoms with Gasteiger partial charge in [-0.15, -0.1) is 0 Å². The first-order chi connectivity index (χ1) is 9.04. The molecule has 3 unspecified atom stereocenters. The zero-order valence-electron chi connectivity index (χ0n) is 12.2. The lowest BCUT2D eigenvalue weighted by atomic mass is 9.90. The van der Waals surface area contributed by atoms with Crippen molar-refractivity contribution in [1.82, 2.24) is 4.90 Å². The van der Waals surface area contributed by atoms with Crippen LogP contribution in [0.2, 0.25) is 0 Å². The topological polar surface area (TPSA) is 32.8 Å². The highest BCUT2D eigenvalue weighted by atomic mass is 16.6. The summed E-state index contributed by atoms with van der Waals surface area (Å²) in [5.41, 5.74) is 0.588. The van der Waals surface area contributed by atoms with Crippen LogP contribution in [-0.2, 0) is 9.53 Å².